The van der Waals surface area contributed by atoms with Crippen LogP contribution < -0.4 is 5.32 Å². The Balaban J connectivity index is 2.02. The summed E-state index contributed by atoms with van der Waals surface area (Å²) in [6, 6.07) is 3.45. The van der Waals surface area contributed by atoms with Gasteiger partial charge in [0.25, 0.3) is 0 Å². The van der Waals surface area contributed by atoms with E-state index >= 15 is 0 Å². The van der Waals surface area contributed by atoms with Gasteiger partial charge in [-0.25, -0.2) is 4.98 Å². The lowest BCUT2D eigenvalue weighted by Gasteiger charge is -2.09. The summed E-state index contributed by atoms with van der Waals surface area (Å²) < 4.78 is 0. The van der Waals surface area contributed by atoms with Gasteiger partial charge in [0.05, 0.1) is 10.3 Å². The number of halogens is 1. The number of carbonyl (C=O) groups is 1. The molecule has 1 atom stereocenters. The van der Waals surface area contributed by atoms with Crippen molar-refractivity contribution in [2.24, 2.45) is 0 Å². The largest absolute Gasteiger partial charge is 0.308 e. The molecule has 1 aromatic heterocycles. The quantitative estimate of drug-likeness (QED) is 0.867. The molecule has 2 heterocycles. The minimum absolute atomic E-state index is 0.0121. The Labute approximate surface area is 97.6 Å². The Morgan fingerprint density at radius 1 is 1.67 bits per heavy atom. The van der Waals surface area contributed by atoms with Gasteiger partial charge in [0, 0.05) is 6.20 Å². The summed E-state index contributed by atoms with van der Waals surface area (Å²) in [5.74, 6) is 1.53. The fraction of sp³-hybridized carbons (Fsp3) is 0.400. The Hall–Kier alpha value is -0.740. The fourth-order valence-corrected chi connectivity index (χ4v) is 2.79. The third-order valence-corrected chi connectivity index (χ3v) is 3.90. The van der Waals surface area contributed by atoms with Gasteiger partial charge in [-0.1, -0.05) is 11.6 Å². The Bertz CT molecular complexity index is 366. The molecule has 5 heteroatoms. The number of nitrogens with zero attached hydrogens (tertiary/aromatic N) is 1. The predicted octanol–water partition coefficient (Wildman–Crippen LogP) is 2.57. The van der Waals surface area contributed by atoms with Crippen molar-refractivity contribution in [3.63, 3.8) is 0 Å². The molecule has 2 rings (SSSR count). The number of pyridine rings is 1. The van der Waals surface area contributed by atoms with E-state index in [0.29, 0.717) is 10.8 Å². The first-order valence-electron chi connectivity index (χ1n) is 4.80. The smallest absolute Gasteiger partial charge is 0.238 e. The highest BCUT2D eigenvalue weighted by atomic mass is 35.5. The maximum atomic E-state index is 11.7. The average Bonchev–Trinajstić information content (AvgIpc) is 2.74. The predicted molar refractivity (Wildman–Crippen MR) is 63.4 cm³/mol. The summed E-state index contributed by atoms with van der Waals surface area (Å²) >= 11 is 7.58. The molecule has 80 valence electrons. The van der Waals surface area contributed by atoms with E-state index in [-0.39, 0.29) is 11.2 Å². The summed E-state index contributed by atoms with van der Waals surface area (Å²) in [4.78, 5) is 15.8. The van der Waals surface area contributed by atoms with Gasteiger partial charge in [0.1, 0.15) is 0 Å². The first kappa shape index (κ1) is 10.8. The van der Waals surface area contributed by atoms with Crippen LogP contribution in [-0.2, 0) is 4.79 Å². The number of rotatable bonds is 2. The van der Waals surface area contributed by atoms with Crippen LogP contribution in [-0.4, -0.2) is 21.9 Å². The van der Waals surface area contributed by atoms with E-state index in [4.69, 9.17) is 11.6 Å². The lowest BCUT2D eigenvalue weighted by molar-refractivity contribution is -0.115. The Kier molecular flexibility index (Phi) is 3.49. The molecular weight excluding hydrogens is 232 g/mol. The molecule has 0 aliphatic carbocycles. The maximum absolute atomic E-state index is 11.7. The molecule has 1 saturated heterocycles. The van der Waals surface area contributed by atoms with Gasteiger partial charge in [-0.05, 0) is 30.7 Å². The van der Waals surface area contributed by atoms with Crippen molar-refractivity contribution in [3.8, 4) is 0 Å². The second-order valence-corrected chi connectivity index (χ2v) is 5.04. The van der Waals surface area contributed by atoms with Crippen molar-refractivity contribution in [2.75, 3.05) is 11.1 Å². The Morgan fingerprint density at radius 3 is 3.20 bits per heavy atom. The van der Waals surface area contributed by atoms with E-state index in [0.717, 1.165) is 18.6 Å². The fourth-order valence-electron chi connectivity index (χ4n) is 1.46. The van der Waals surface area contributed by atoms with E-state index in [2.05, 4.69) is 10.3 Å². The number of amides is 1. The summed E-state index contributed by atoms with van der Waals surface area (Å²) in [7, 11) is 0. The van der Waals surface area contributed by atoms with Crippen molar-refractivity contribution in [1.29, 1.82) is 0 Å². The standard InChI is InChI=1S/C10H11ClN2OS/c11-7-3-1-5-12-9(7)13-10(14)8-4-2-6-15-8/h1,3,5,8H,2,4,6H2,(H,12,13,14). The van der Waals surface area contributed by atoms with E-state index in [1.807, 2.05) is 0 Å². The number of hydrogen-bond acceptors (Lipinski definition) is 3. The van der Waals surface area contributed by atoms with E-state index < -0.39 is 0 Å². The lowest BCUT2D eigenvalue weighted by atomic mass is 10.2. The van der Waals surface area contributed by atoms with E-state index in [9.17, 15) is 4.79 Å². The van der Waals surface area contributed by atoms with Gasteiger partial charge in [-0.3, -0.25) is 4.79 Å². The second kappa shape index (κ2) is 4.86. The molecule has 0 aromatic carbocycles. The van der Waals surface area contributed by atoms with Gasteiger partial charge >= 0.3 is 0 Å². The van der Waals surface area contributed by atoms with Crippen LogP contribution >= 0.6 is 23.4 Å². The van der Waals surface area contributed by atoms with Crippen LogP contribution in [0.15, 0.2) is 18.3 Å². The van der Waals surface area contributed by atoms with E-state index in [1.165, 1.54) is 0 Å². The van der Waals surface area contributed by atoms with Crippen LogP contribution in [0.5, 0.6) is 0 Å². The molecule has 1 unspecified atom stereocenters. The van der Waals surface area contributed by atoms with Crippen molar-refractivity contribution in [3.05, 3.63) is 23.4 Å². The number of anilines is 1. The normalized spacial score (nSPS) is 20.2. The molecule has 0 bridgehead atoms. The highest BCUT2D eigenvalue weighted by molar-refractivity contribution is 8.00. The number of hydrogen-bond donors (Lipinski definition) is 1. The summed E-state index contributed by atoms with van der Waals surface area (Å²) in [6.45, 7) is 0. The zero-order valence-electron chi connectivity index (χ0n) is 8.07. The van der Waals surface area contributed by atoms with Crippen molar-refractivity contribution < 1.29 is 4.79 Å². The number of carbonyl (C=O) groups excluding carboxylic acids is 1. The molecule has 1 N–H and O–H groups in total. The lowest BCUT2D eigenvalue weighted by Crippen LogP contribution is -2.23. The average molecular weight is 243 g/mol. The molecule has 3 nitrogen and oxygen atoms in total. The minimum Gasteiger partial charge on any atom is -0.308 e. The van der Waals surface area contributed by atoms with Gasteiger partial charge in [-0.2, -0.15) is 0 Å². The summed E-state index contributed by atoms with van der Waals surface area (Å²) in [6.07, 6.45) is 3.67. The number of nitrogens with one attached hydrogen (secondary N) is 1. The van der Waals surface area contributed by atoms with Gasteiger partial charge in [0.2, 0.25) is 5.91 Å². The Morgan fingerprint density at radius 2 is 2.53 bits per heavy atom. The van der Waals surface area contributed by atoms with Gasteiger partial charge in [-0.15, -0.1) is 11.8 Å². The maximum Gasteiger partial charge on any atom is 0.238 e. The zero-order chi connectivity index (χ0) is 10.7. The molecule has 1 aliphatic heterocycles. The van der Waals surface area contributed by atoms with Crippen LogP contribution in [0.25, 0.3) is 0 Å². The molecule has 1 amide bonds. The van der Waals surface area contributed by atoms with Crippen molar-refractivity contribution in [1.82, 2.24) is 4.98 Å². The highest BCUT2D eigenvalue weighted by Crippen LogP contribution is 2.27. The second-order valence-electron chi connectivity index (χ2n) is 3.32. The van der Waals surface area contributed by atoms with Crippen LogP contribution in [0.3, 0.4) is 0 Å². The topological polar surface area (TPSA) is 42.0 Å². The third-order valence-electron chi connectivity index (χ3n) is 2.22. The molecule has 0 radical (unpaired) electrons. The molecule has 0 spiro atoms. The molecule has 1 aromatic rings. The van der Waals surface area contributed by atoms with Crippen LogP contribution in [0.1, 0.15) is 12.8 Å². The number of aromatic nitrogens is 1. The van der Waals surface area contributed by atoms with Crippen LogP contribution in [0.2, 0.25) is 5.02 Å². The van der Waals surface area contributed by atoms with Crippen molar-refractivity contribution in [2.45, 2.75) is 18.1 Å². The molecule has 15 heavy (non-hydrogen) atoms. The van der Waals surface area contributed by atoms with E-state index in [1.54, 1.807) is 30.1 Å². The molecule has 1 fully saturated rings. The van der Waals surface area contributed by atoms with Crippen molar-refractivity contribution >= 4 is 35.1 Å². The molecule has 1 aliphatic rings. The molecular formula is C10H11ClN2OS. The number of thioether (sulfide) groups is 1. The highest BCUT2D eigenvalue weighted by Gasteiger charge is 2.23. The minimum atomic E-state index is 0.0121. The monoisotopic (exact) mass is 242 g/mol. The van der Waals surface area contributed by atoms with Crippen LogP contribution in [0, 0.1) is 0 Å². The SMILES string of the molecule is O=C(Nc1ncccc1Cl)C1CCCS1. The summed E-state index contributed by atoms with van der Waals surface area (Å²) in [5.41, 5.74) is 0. The van der Waals surface area contributed by atoms with Crippen LogP contribution in [0.4, 0.5) is 5.82 Å². The van der Waals surface area contributed by atoms with Gasteiger partial charge in [0.15, 0.2) is 5.82 Å². The third kappa shape index (κ3) is 2.63. The zero-order valence-corrected chi connectivity index (χ0v) is 9.64. The first-order valence-corrected chi connectivity index (χ1v) is 6.23. The summed E-state index contributed by atoms with van der Waals surface area (Å²) in [5, 5.41) is 3.29. The van der Waals surface area contributed by atoms with Gasteiger partial charge < -0.3 is 5.32 Å². The first-order chi connectivity index (χ1) is 7.27. The molecule has 0 saturated carbocycles.